The fraction of sp³-hybridized carbons (Fsp3) is 0.647. The third-order valence-electron chi connectivity index (χ3n) is 5.09. The minimum absolute atomic E-state index is 0.668. The molecule has 2 heteroatoms. The fourth-order valence-corrected chi connectivity index (χ4v) is 4.07. The van der Waals surface area contributed by atoms with Crippen LogP contribution in [0.2, 0.25) is 5.02 Å². The van der Waals surface area contributed by atoms with Crippen LogP contribution in [0.15, 0.2) is 24.3 Å². The molecule has 0 amide bonds. The normalized spacial score (nSPS) is 29.2. The molecule has 3 rings (SSSR count). The molecule has 0 radical (unpaired) electrons. The summed E-state index contributed by atoms with van der Waals surface area (Å²) in [6, 6.07) is 9.71. The van der Waals surface area contributed by atoms with Gasteiger partial charge in [0.1, 0.15) is 0 Å². The van der Waals surface area contributed by atoms with Gasteiger partial charge in [-0.2, -0.15) is 0 Å². The summed E-state index contributed by atoms with van der Waals surface area (Å²) in [6.07, 6.45) is 8.22. The van der Waals surface area contributed by atoms with Crippen molar-refractivity contribution in [3.63, 3.8) is 0 Å². The molecule has 0 heterocycles. The van der Waals surface area contributed by atoms with E-state index in [-0.39, 0.29) is 0 Å². The lowest BCUT2D eigenvalue weighted by Gasteiger charge is -2.39. The molecule has 1 unspecified atom stereocenters. The van der Waals surface area contributed by atoms with E-state index in [4.69, 9.17) is 11.6 Å². The van der Waals surface area contributed by atoms with Gasteiger partial charge in [-0.3, -0.25) is 0 Å². The Morgan fingerprint density at radius 1 is 1.16 bits per heavy atom. The third kappa shape index (κ3) is 2.98. The van der Waals surface area contributed by atoms with Crippen molar-refractivity contribution in [2.24, 2.45) is 5.92 Å². The van der Waals surface area contributed by atoms with E-state index in [1.54, 1.807) is 0 Å². The van der Waals surface area contributed by atoms with Gasteiger partial charge >= 0.3 is 0 Å². The van der Waals surface area contributed by atoms with Gasteiger partial charge in [0.05, 0.1) is 0 Å². The Bertz CT molecular complexity index is 419. The predicted octanol–water partition coefficient (Wildman–Crippen LogP) is 4.75. The highest BCUT2D eigenvalue weighted by atomic mass is 35.5. The SMILES string of the molecule is CC(NC1CC(c2ccccc2Cl)C1)C1CCCC1. The number of hydrogen-bond acceptors (Lipinski definition) is 1. The fourth-order valence-electron chi connectivity index (χ4n) is 3.78. The molecule has 104 valence electrons. The molecule has 0 spiro atoms. The maximum absolute atomic E-state index is 6.27. The van der Waals surface area contributed by atoms with Gasteiger partial charge < -0.3 is 5.32 Å². The average Bonchev–Trinajstić information content (AvgIpc) is 2.88. The molecule has 19 heavy (non-hydrogen) atoms. The van der Waals surface area contributed by atoms with E-state index in [9.17, 15) is 0 Å². The van der Waals surface area contributed by atoms with E-state index < -0.39 is 0 Å². The Kier molecular flexibility index (Phi) is 4.14. The van der Waals surface area contributed by atoms with E-state index >= 15 is 0 Å². The molecule has 1 aromatic rings. The van der Waals surface area contributed by atoms with Crippen molar-refractivity contribution in [1.82, 2.24) is 5.32 Å². The number of halogens is 1. The summed E-state index contributed by atoms with van der Waals surface area (Å²) in [4.78, 5) is 0. The Hall–Kier alpha value is -0.530. The van der Waals surface area contributed by atoms with Gasteiger partial charge in [0.15, 0.2) is 0 Å². The second-order valence-electron chi connectivity index (χ2n) is 6.39. The lowest BCUT2D eigenvalue weighted by atomic mass is 9.75. The first-order chi connectivity index (χ1) is 9.24. The van der Waals surface area contributed by atoms with Crippen LogP contribution in [0.25, 0.3) is 0 Å². The highest BCUT2D eigenvalue weighted by Crippen LogP contribution is 2.40. The van der Waals surface area contributed by atoms with E-state index in [1.165, 1.54) is 44.1 Å². The van der Waals surface area contributed by atoms with Crippen molar-refractivity contribution >= 4 is 11.6 Å². The molecule has 1 nitrogen and oxygen atoms in total. The summed E-state index contributed by atoms with van der Waals surface area (Å²) in [6.45, 7) is 2.37. The average molecular weight is 278 g/mol. The van der Waals surface area contributed by atoms with Crippen LogP contribution >= 0.6 is 11.6 Å². The Balaban J connectivity index is 1.49. The van der Waals surface area contributed by atoms with Gasteiger partial charge in [-0.05, 0) is 56.1 Å². The molecule has 1 atom stereocenters. The van der Waals surface area contributed by atoms with Crippen molar-refractivity contribution in [1.29, 1.82) is 0 Å². The molecule has 2 aliphatic rings. The monoisotopic (exact) mass is 277 g/mol. The predicted molar refractivity (Wildman–Crippen MR) is 81.8 cm³/mol. The van der Waals surface area contributed by atoms with Gasteiger partial charge in [-0.1, -0.05) is 42.6 Å². The zero-order valence-electron chi connectivity index (χ0n) is 11.7. The Morgan fingerprint density at radius 3 is 2.53 bits per heavy atom. The van der Waals surface area contributed by atoms with Gasteiger partial charge in [-0.25, -0.2) is 0 Å². The summed E-state index contributed by atoms with van der Waals surface area (Å²) >= 11 is 6.27. The molecule has 0 aliphatic heterocycles. The summed E-state index contributed by atoms with van der Waals surface area (Å²) in [7, 11) is 0. The smallest absolute Gasteiger partial charge is 0.0440 e. The molecule has 2 saturated carbocycles. The largest absolute Gasteiger partial charge is 0.311 e. The minimum Gasteiger partial charge on any atom is -0.311 e. The third-order valence-corrected chi connectivity index (χ3v) is 5.43. The van der Waals surface area contributed by atoms with E-state index in [2.05, 4.69) is 24.4 Å². The van der Waals surface area contributed by atoms with E-state index in [1.807, 2.05) is 12.1 Å². The standard InChI is InChI=1S/C17H24ClN/c1-12(13-6-2-3-7-13)19-15-10-14(11-15)16-8-4-5-9-17(16)18/h4-5,8-9,12-15,19H,2-3,6-7,10-11H2,1H3. The lowest BCUT2D eigenvalue weighted by molar-refractivity contribution is 0.239. The first-order valence-electron chi connectivity index (χ1n) is 7.74. The van der Waals surface area contributed by atoms with Crippen LogP contribution in [0.5, 0.6) is 0 Å². The molecule has 1 aromatic carbocycles. The van der Waals surface area contributed by atoms with Crippen molar-refractivity contribution in [2.75, 3.05) is 0 Å². The maximum atomic E-state index is 6.27. The van der Waals surface area contributed by atoms with Crippen LogP contribution in [0.4, 0.5) is 0 Å². The first kappa shape index (κ1) is 13.5. The quantitative estimate of drug-likeness (QED) is 0.837. The number of nitrogens with one attached hydrogen (secondary N) is 1. The molecular formula is C17H24ClN. The van der Waals surface area contributed by atoms with Gasteiger partial charge in [0.25, 0.3) is 0 Å². The van der Waals surface area contributed by atoms with Crippen LogP contribution in [0, 0.1) is 5.92 Å². The molecular weight excluding hydrogens is 254 g/mol. The summed E-state index contributed by atoms with van der Waals surface area (Å²) in [5, 5.41) is 4.77. The van der Waals surface area contributed by atoms with Crippen LogP contribution < -0.4 is 5.32 Å². The van der Waals surface area contributed by atoms with Crippen LogP contribution in [-0.4, -0.2) is 12.1 Å². The Morgan fingerprint density at radius 2 is 1.84 bits per heavy atom. The number of hydrogen-bond donors (Lipinski definition) is 1. The molecule has 0 bridgehead atoms. The summed E-state index contributed by atoms with van der Waals surface area (Å²) in [5.74, 6) is 1.58. The van der Waals surface area contributed by atoms with Crippen LogP contribution in [0.1, 0.15) is 56.9 Å². The van der Waals surface area contributed by atoms with Crippen LogP contribution in [0.3, 0.4) is 0 Å². The second kappa shape index (κ2) is 5.85. The van der Waals surface area contributed by atoms with Gasteiger partial charge in [0, 0.05) is 17.1 Å². The minimum atomic E-state index is 0.668. The van der Waals surface area contributed by atoms with Crippen LogP contribution in [-0.2, 0) is 0 Å². The highest BCUT2D eigenvalue weighted by Gasteiger charge is 2.33. The summed E-state index contributed by atoms with van der Waals surface area (Å²) in [5.41, 5.74) is 1.34. The molecule has 0 aromatic heterocycles. The Labute approximate surface area is 121 Å². The maximum Gasteiger partial charge on any atom is 0.0440 e. The molecule has 1 N–H and O–H groups in total. The van der Waals surface area contributed by atoms with Crippen molar-refractivity contribution in [3.8, 4) is 0 Å². The van der Waals surface area contributed by atoms with Crippen molar-refractivity contribution in [3.05, 3.63) is 34.9 Å². The topological polar surface area (TPSA) is 12.0 Å². The lowest BCUT2D eigenvalue weighted by Crippen LogP contribution is -2.46. The van der Waals surface area contributed by atoms with Crippen molar-refractivity contribution in [2.45, 2.75) is 63.5 Å². The number of rotatable bonds is 4. The molecule has 2 aliphatic carbocycles. The van der Waals surface area contributed by atoms with Crippen molar-refractivity contribution < 1.29 is 0 Å². The highest BCUT2D eigenvalue weighted by molar-refractivity contribution is 6.31. The molecule has 2 fully saturated rings. The van der Waals surface area contributed by atoms with Gasteiger partial charge in [-0.15, -0.1) is 0 Å². The zero-order valence-corrected chi connectivity index (χ0v) is 12.5. The molecule has 0 saturated heterocycles. The van der Waals surface area contributed by atoms with E-state index in [0.29, 0.717) is 18.0 Å². The first-order valence-corrected chi connectivity index (χ1v) is 8.12. The van der Waals surface area contributed by atoms with E-state index in [0.717, 1.165) is 10.9 Å². The number of benzene rings is 1. The summed E-state index contributed by atoms with van der Waals surface area (Å²) < 4.78 is 0. The second-order valence-corrected chi connectivity index (χ2v) is 6.79. The van der Waals surface area contributed by atoms with Gasteiger partial charge in [0.2, 0.25) is 0 Å². The zero-order chi connectivity index (χ0) is 13.2.